The van der Waals surface area contributed by atoms with Crippen LogP contribution in [0.2, 0.25) is 0 Å². The molecule has 0 saturated heterocycles. The van der Waals surface area contributed by atoms with Gasteiger partial charge in [0, 0.05) is 12.3 Å². The minimum absolute atomic E-state index is 0.407. The first-order chi connectivity index (χ1) is 4.75. The molecule has 0 heterocycles. The summed E-state index contributed by atoms with van der Waals surface area (Å²) in [7, 11) is 0. The molecule has 0 aromatic carbocycles. The lowest BCUT2D eigenvalue weighted by atomic mass is 9.92. The molecule has 0 N–H and O–H groups in total. The van der Waals surface area contributed by atoms with E-state index in [1.54, 1.807) is 0 Å². The normalized spacial score (nSPS) is 32.6. The zero-order chi connectivity index (χ0) is 7.56. The fourth-order valence-electron chi connectivity index (χ4n) is 1.89. The van der Waals surface area contributed by atoms with Crippen LogP contribution in [0.4, 0.5) is 0 Å². The molecule has 1 heteroatoms. The molecule has 0 spiro atoms. The topological polar surface area (TPSA) is 17.1 Å². The number of ketones is 1. The Morgan fingerprint density at radius 2 is 2.20 bits per heavy atom. The average Bonchev–Trinajstić information content (AvgIpc) is 2.34. The van der Waals surface area contributed by atoms with E-state index >= 15 is 0 Å². The van der Waals surface area contributed by atoms with Gasteiger partial charge in [-0.15, -0.1) is 0 Å². The quantitative estimate of drug-likeness (QED) is 0.575. The third kappa shape index (κ3) is 1.39. The molecule has 0 radical (unpaired) electrons. The molecule has 10 heavy (non-hydrogen) atoms. The fourth-order valence-corrected chi connectivity index (χ4v) is 1.89. The van der Waals surface area contributed by atoms with Crippen molar-refractivity contribution in [1.82, 2.24) is 0 Å². The van der Waals surface area contributed by atoms with Gasteiger partial charge in [0.2, 0.25) is 0 Å². The Hall–Kier alpha value is -0.330. The Kier molecular flexibility index (Phi) is 2.47. The third-order valence-corrected chi connectivity index (χ3v) is 2.62. The summed E-state index contributed by atoms with van der Waals surface area (Å²) in [6.45, 7) is 4.17. The van der Waals surface area contributed by atoms with Crippen molar-refractivity contribution >= 4 is 5.78 Å². The van der Waals surface area contributed by atoms with Gasteiger partial charge in [0.15, 0.2) is 0 Å². The lowest BCUT2D eigenvalue weighted by Crippen LogP contribution is -2.15. The predicted molar refractivity (Wildman–Crippen MR) is 41.8 cm³/mol. The summed E-state index contributed by atoms with van der Waals surface area (Å²) in [6.07, 6.45) is 4.40. The zero-order valence-electron chi connectivity index (χ0n) is 6.89. The standard InChI is InChI=1S/C9H16O/c1-3-9(10)8-6-4-5-7(8)2/h7-8H,3-6H2,1-2H3/t7-,8+/m1/s1. The summed E-state index contributed by atoms with van der Waals surface area (Å²) >= 11 is 0. The van der Waals surface area contributed by atoms with Crippen LogP contribution in [-0.2, 0) is 4.79 Å². The second-order valence-electron chi connectivity index (χ2n) is 3.33. The van der Waals surface area contributed by atoms with Crippen LogP contribution in [0.25, 0.3) is 0 Å². The minimum Gasteiger partial charge on any atom is -0.299 e. The van der Waals surface area contributed by atoms with Gasteiger partial charge < -0.3 is 0 Å². The molecule has 0 bridgehead atoms. The van der Waals surface area contributed by atoms with E-state index in [0.717, 1.165) is 12.8 Å². The molecule has 2 atom stereocenters. The minimum atomic E-state index is 0.407. The molecule has 58 valence electrons. The van der Waals surface area contributed by atoms with Gasteiger partial charge in [-0.3, -0.25) is 4.79 Å². The Labute approximate surface area is 62.8 Å². The van der Waals surface area contributed by atoms with Crippen molar-refractivity contribution in [3.05, 3.63) is 0 Å². The molecule has 0 amide bonds. The van der Waals surface area contributed by atoms with Crippen LogP contribution in [0.1, 0.15) is 39.5 Å². The van der Waals surface area contributed by atoms with Crippen LogP contribution in [-0.4, -0.2) is 5.78 Å². The zero-order valence-corrected chi connectivity index (χ0v) is 6.89. The van der Waals surface area contributed by atoms with Crippen LogP contribution >= 0.6 is 0 Å². The van der Waals surface area contributed by atoms with Crippen molar-refractivity contribution in [3.63, 3.8) is 0 Å². The molecular formula is C9H16O. The first-order valence-electron chi connectivity index (χ1n) is 4.28. The van der Waals surface area contributed by atoms with E-state index in [4.69, 9.17) is 0 Å². The fraction of sp³-hybridized carbons (Fsp3) is 0.889. The Bertz CT molecular complexity index is 129. The molecule has 0 aromatic heterocycles. The summed E-state index contributed by atoms with van der Waals surface area (Å²) in [5, 5.41) is 0. The summed E-state index contributed by atoms with van der Waals surface area (Å²) < 4.78 is 0. The number of Topliss-reactive ketones (excluding diaryl/α,β-unsaturated/α-hetero) is 1. The number of hydrogen-bond acceptors (Lipinski definition) is 1. The molecule has 0 aromatic rings. The van der Waals surface area contributed by atoms with Crippen molar-refractivity contribution in [2.24, 2.45) is 11.8 Å². The highest BCUT2D eigenvalue weighted by Crippen LogP contribution is 2.32. The van der Waals surface area contributed by atoms with E-state index < -0.39 is 0 Å². The summed E-state index contributed by atoms with van der Waals surface area (Å²) in [5.41, 5.74) is 0. The second kappa shape index (κ2) is 3.18. The highest BCUT2D eigenvalue weighted by Gasteiger charge is 2.27. The van der Waals surface area contributed by atoms with Gasteiger partial charge in [-0.25, -0.2) is 0 Å². The van der Waals surface area contributed by atoms with Gasteiger partial charge in [-0.2, -0.15) is 0 Å². The molecule has 1 saturated carbocycles. The van der Waals surface area contributed by atoms with Crippen molar-refractivity contribution in [2.45, 2.75) is 39.5 Å². The second-order valence-corrected chi connectivity index (χ2v) is 3.33. The smallest absolute Gasteiger partial charge is 0.135 e. The lowest BCUT2D eigenvalue weighted by Gasteiger charge is -2.11. The van der Waals surface area contributed by atoms with E-state index in [1.165, 1.54) is 12.8 Å². The molecule has 0 aliphatic heterocycles. The highest BCUT2D eigenvalue weighted by molar-refractivity contribution is 5.81. The number of carbonyl (C=O) groups is 1. The number of carbonyl (C=O) groups excluding carboxylic acids is 1. The van der Waals surface area contributed by atoms with Crippen LogP contribution < -0.4 is 0 Å². The van der Waals surface area contributed by atoms with Crippen molar-refractivity contribution in [3.8, 4) is 0 Å². The van der Waals surface area contributed by atoms with Crippen LogP contribution in [0.3, 0.4) is 0 Å². The molecular weight excluding hydrogens is 124 g/mol. The summed E-state index contributed by atoms with van der Waals surface area (Å²) in [4.78, 5) is 11.2. The Morgan fingerprint density at radius 1 is 1.50 bits per heavy atom. The van der Waals surface area contributed by atoms with Crippen molar-refractivity contribution < 1.29 is 4.79 Å². The first-order valence-corrected chi connectivity index (χ1v) is 4.28. The van der Waals surface area contributed by atoms with Gasteiger partial charge >= 0.3 is 0 Å². The maximum Gasteiger partial charge on any atom is 0.135 e. The number of rotatable bonds is 2. The molecule has 1 aliphatic carbocycles. The molecule has 1 nitrogen and oxygen atoms in total. The van der Waals surface area contributed by atoms with Gasteiger partial charge in [0.25, 0.3) is 0 Å². The van der Waals surface area contributed by atoms with Gasteiger partial charge in [-0.05, 0) is 18.8 Å². The first kappa shape index (κ1) is 7.77. The van der Waals surface area contributed by atoms with E-state index in [2.05, 4.69) is 6.92 Å². The van der Waals surface area contributed by atoms with E-state index in [1.807, 2.05) is 6.92 Å². The monoisotopic (exact) mass is 140 g/mol. The lowest BCUT2D eigenvalue weighted by molar-refractivity contribution is -0.123. The van der Waals surface area contributed by atoms with Crippen molar-refractivity contribution in [1.29, 1.82) is 0 Å². The molecule has 1 fully saturated rings. The Morgan fingerprint density at radius 3 is 2.60 bits per heavy atom. The van der Waals surface area contributed by atoms with Crippen LogP contribution in [0.5, 0.6) is 0 Å². The molecule has 0 unspecified atom stereocenters. The van der Waals surface area contributed by atoms with Gasteiger partial charge in [0.1, 0.15) is 5.78 Å². The van der Waals surface area contributed by atoms with Gasteiger partial charge in [-0.1, -0.05) is 20.3 Å². The maximum absolute atomic E-state index is 11.2. The maximum atomic E-state index is 11.2. The SMILES string of the molecule is CCC(=O)[C@H]1CCC[C@H]1C. The predicted octanol–water partition coefficient (Wildman–Crippen LogP) is 2.40. The van der Waals surface area contributed by atoms with E-state index in [-0.39, 0.29) is 0 Å². The highest BCUT2D eigenvalue weighted by atomic mass is 16.1. The third-order valence-electron chi connectivity index (χ3n) is 2.62. The van der Waals surface area contributed by atoms with Crippen LogP contribution in [0.15, 0.2) is 0 Å². The number of hydrogen-bond donors (Lipinski definition) is 0. The van der Waals surface area contributed by atoms with Crippen molar-refractivity contribution in [2.75, 3.05) is 0 Å². The molecule has 1 aliphatic rings. The van der Waals surface area contributed by atoms with E-state index in [0.29, 0.717) is 17.6 Å². The largest absolute Gasteiger partial charge is 0.299 e. The summed E-state index contributed by atoms with van der Waals surface area (Å²) in [5.74, 6) is 1.54. The van der Waals surface area contributed by atoms with Gasteiger partial charge in [0.05, 0.1) is 0 Å². The molecule has 1 rings (SSSR count). The Balaban J connectivity index is 2.46. The van der Waals surface area contributed by atoms with Crippen LogP contribution in [0, 0.1) is 11.8 Å². The summed E-state index contributed by atoms with van der Waals surface area (Å²) in [6, 6.07) is 0. The van der Waals surface area contributed by atoms with E-state index in [9.17, 15) is 4.79 Å². The average molecular weight is 140 g/mol.